The lowest BCUT2D eigenvalue weighted by atomic mass is 10.2. The van der Waals surface area contributed by atoms with E-state index in [1.54, 1.807) is 18.2 Å². The van der Waals surface area contributed by atoms with E-state index in [0.29, 0.717) is 41.3 Å². The zero-order valence-electron chi connectivity index (χ0n) is 13.6. The molecule has 0 aliphatic rings. The van der Waals surface area contributed by atoms with Crippen LogP contribution in [-0.2, 0) is 4.79 Å². The maximum absolute atomic E-state index is 11.4. The molecule has 1 heterocycles. The molecule has 0 amide bonds. The van der Waals surface area contributed by atoms with Crippen molar-refractivity contribution in [3.05, 3.63) is 39.7 Å². The summed E-state index contributed by atoms with van der Waals surface area (Å²) < 4.78 is 42.4. The molecule has 0 bridgehead atoms. The van der Waals surface area contributed by atoms with Crippen LogP contribution in [0.25, 0.3) is 11.0 Å². The van der Waals surface area contributed by atoms with E-state index < -0.39 is 17.8 Å². The number of ether oxygens (including phenoxy) is 1. The normalized spacial score (nSPS) is 10.7. The standard InChI is InChI=1S/C13H14ClN3O3.C2HF3O2/c14-8-2-3-10-9(6-8)11(7-12(18)20-10)19-5-1-4-17-13(15)16;3-2(4,5)1(6)7/h2-3,6-7H,1,4-5H2,(H4,15,16,17);(H,6,7). The van der Waals surface area contributed by atoms with Gasteiger partial charge in [0, 0.05) is 11.6 Å². The highest BCUT2D eigenvalue weighted by atomic mass is 35.5. The van der Waals surface area contributed by atoms with Crippen LogP contribution in [0.5, 0.6) is 5.75 Å². The number of fused-ring (bicyclic) bond motifs is 1. The minimum absolute atomic E-state index is 0.0809. The van der Waals surface area contributed by atoms with Crippen molar-refractivity contribution in [3.8, 4) is 5.75 Å². The quantitative estimate of drug-likeness (QED) is 0.257. The number of benzene rings is 1. The number of alkyl halides is 3. The first kappa shape index (κ1) is 22.1. The van der Waals surface area contributed by atoms with Crippen molar-refractivity contribution in [2.45, 2.75) is 12.6 Å². The Morgan fingerprint density at radius 3 is 2.56 bits per heavy atom. The summed E-state index contributed by atoms with van der Waals surface area (Å²) in [7, 11) is 0. The third-order valence-corrected chi connectivity index (χ3v) is 3.04. The van der Waals surface area contributed by atoms with Crippen molar-refractivity contribution in [1.29, 1.82) is 5.41 Å². The van der Waals surface area contributed by atoms with Crippen LogP contribution in [-0.4, -0.2) is 36.4 Å². The van der Waals surface area contributed by atoms with Crippen LogP contribution in [0.3, 0.4) is 0 Å². The van der Waals surface area contributed by atoms with Crippen molar-refractivity contribution in [1.82, 2.24) is 5.32 Å². The lowest BCUT2D eigenvalue weighted by Gasteiger charge is -2.09. The van der Waals surface area contributed by atoms with Crippen molar-refractivity contribution in [3.63, 3.8) is 0 Å². The number of hydrogen-bond donors (Lipinski definition) is 4. The molecular formula is C15H15ClF3N3O5. The molecule has 27 heavy (non-hydrogen) atoms. The van der Waals surface area contributed by atoms with Gasteiger partial charge in [-0.3, -0.25) is 5.41 Å². The molecule has 0 atom stereocenters. The van der Waals surface area contributed by atoms with E-state index in [4.69, 9.17) is 41.8 Å². The van der Waals surface area contributed by atoms with E-state index in [-0.39, 0.29) is 5.96 Å². The van der Waals surface area contributed by atoms with E-state index >= 15 is 0 Å². The molecule has 0 aliphatic heterocycles. The fourth-order valence-corrected chi connectivity index (χ4v) is 1.88. The average molecular weight is 410 g/mol. The first-order valence-electron chi connectivity index (χ1n) is 7.25. The van der Waals surface area contributed by atoms with Crippen molar-refractivity contribution >= 4 is 34.5 Å². The minimum Gasteiger partial charge on any atom is -0.492 e. The Balaban J connectivity index is 0.000000445. The zero-order chi connectivity index (χ0) is 20.6. The largest absolute Gasteiger partial charge is 0.492 e. The second-order valence-corrected chi connectivity index (χ2v) is 5.35. The summed E-state index contributed by atoms with van der Waals surface area (Å²) >= 11 is 5.93. The Kier molecular flexibility index (Phi) is 7.91. The van der Waals surface area contributed by atoms with Crippen molar-refractivity contribution < 1.29 is 32.2 Å². The molecule has 0 radical (unpaired) electrons. The maximum atomic E-state index is 11.4. The van der Waals surface area contributed by atoms with E-state index in [0.717, 1.165) is 0 Å². The summed E-state index contributed by atoms with van der Waals surface area (Å²) in [6.07, 6.45) is -4.44. The Morgan fingerprint density at radius 2 is 2.00 bits per heavy atom. The summed E-state index contributed by atoms with van der Waals surface area (Å²) in [5, 5.41) is 18.0. The lowest BCUT2D eigenvalue weighted by molar-refractivity contribution is -0.192. The molecule has 148 valence electrons. The maximum Gasteiger partial charge on any atom is 0.490 e. The average Bonchev–Trinajstić information content (AvgIpc) is 2.54. The molecule has 0 fully saturated rings. The lowest BCUT2D eigenvalue weighted by Crippen LogP contribution is -2.31. The zero-order valence-corrected chi connectivity index (χ0v) is 14.4. The van der Waals surface area contributed by atoms with E-state index in [1.807, 2.05) is 0 Å². The molecule has 5 N–H and O–H groups in total. The van der Waals surface area contributed by atoms with Crippen LogP contribution in [0.4, 0.5) is 13.2 Å². The Labute approximate surface area is 155 Å². The highest BCUT2D eigenvalue weighted by Crippen LogP contribution is 2.26. The number of guanidine groups is 1. The molecule has 0 saturated heterocycles. The Bertz CT molecular complexity index is 870. The van der Waals surface area contributed by atoms with Gasteiger partial charge < -0.3 is 25.3 Å². The molecule has 12 heteroatoms. The number of aliphatic carboxylic acids is 1. The minimum atomic E-state index is -5.08. The van der Waals surface area contributed by atoms with Crippen molar-refractivity contribution in [2.24, 2.45) is 5.73 Å². The first-order valence-corrected chi connectivity index (χ1v) is 7.62. The molecule has 2 rings (SSSR count). The number of nitrogens with two attached hydrogens (primary N) is 1. The molecule has 0 spiro atoms. The van der Waals surface area contributed by atoms with Gasteiger partial charge in [0.25, 0.3) is 0 Å². The van der Waals surface area contributed by atoms with E-state index in [9.17, 15) is 18.0 Å². The van der Waals surface area contributed by atoms with Crippen LogP contribution in [0, 0.1) is 5.41 Å². The second-order valence-electron chi connectivity index (χ2n) is 4.92. The topological polar surface area (TPSA) is 139 Å². The van der Waals surface area contributed by atoms with E-state index in [1.165, 1.54) is 6.07 Å². The molecule has 0 unspecified atom stereocenters. The van der Waals surface area contributed by atoms with Gasteiger partial charge in [0.2, 0.25) is 0 Å². The molecule has 1 aromatic heterocycles. The number of carboxylic acids is 1. The third-order valence-electron chi connectivity index (χ3n) is 2.80. The number of hydrogen-bond acceptors (Lipinski definition) is 5. The number of halogens is 4. The van der Waals surface area contributed by atoms with Crippen LogP contribution in [0.2, 0.25) is 5.02 Å². The van der Waals surface area contributed by atoms with Gasteiger partial charge in [-0.2, -0.15) is 13.2 Å². The monoisotopic (exact) mass is 409 g/mol. The van der Waals surface area contributed by atoms with E-state index in [2.05, 4.69) is 5.32 Å². The van der Waals surface area contributed by atoms with Gasteiger partial charge in [0.15, 0.2) is 5.96 Å². The number of carbonyl (C=O) groups is 1. The summed E-state index contributed by atoms with van der Waals surface area (Å²) in [6.45, 7) is 0.904. The summed E-state index contributed by atoms with van der Waals surface area (Å²) in [5.41, 5.74) is 5.11. The molecule has 8 nitrogen and oxygen atoms in total. The molecular weight excluding hydrogens is 395 g/mol. The van der Waals surface area contributed by atoms with Gasteiger partial charge >= 0.3 is 17.8 Å². The van der Waals surface area contributed by atoms with Gasteiger partial charge in [-0.15, -0.1) is 0 Å². The predicted molar refractivity (Wildman–Crippen MR) is 91.2 cm³/mol. The Hall–Kier alpha value is -2.95. The van der Waals surface area contributed by atoms with Gasteiger partial charge in [0.1, 0.15) is 11.3 Å². The fraction of sp³-hybridized carbons (Fsp3) is 0.267. The molecule has 0 saturated carbocycles. The summed E-state index contributed by atoms with van der Waals surface area (Å²) in [5.74, 6) is -2.41. The Morgan fingerprint density at radius 1 is 1.37 bits per heavy atom. The van der Waals surface area contributed by atoms with Gasteiger partial charge in [0.05, 0.1) is 18.1 Å². The van der Waals surface area contributed by atoms with Crippen LogP contribution < -0.4 is 21.4 Å². The van der Waals surface area contributed by atoms with Crippen LogP contribution in [0.1, 0.15) is 6.42 Å². The summed E-state index contributed by atoms with van der Waals surface area (Å²) in [6, 6.07) is 6.25. The number of rotatable bonds is 5. The number of nitrogens with one attached hydrogen (secondary N) is 2. The first-order chi connectivity index (χ1) is 12.5. The fourth-order valence-electron chi connectivity index (χ4n) is 1.70. The van der Waals surface area contributed by atoms with Crippen LogP contribution in [0.15, 0.2) is 33.5 Å². The molecule has 1 aromatic carbocycles. The highest BCUT2D eigenvalue weighted by Gasteiger charge is 2.38. The molecule has 2 aromatic rings. The van der Waals surface area contributed by atoms with Crippen molar-refractivity contribution in [2.75, 3.05) is 13.2 Å². The smallest absolute Gasteiger partial charge is 0.490 e. The SMILES string of the molecule is N=C(N)NCCCOc1cc(=O)oc2ccc(Cl)cc12.O=C(O)C(F)(F)F. The molecule has 0 aliphatic carbocycles. The van der Waals surface area contributed by atoms with Gasteiger partial charge in [-0.25, -0.2) is 9.59 Å². The number of carboxylic acid groups (broad SMARTS) is 1. The van der Waals surface area contributed by atoms with Gasteiger partial charge in [-0.1, -0.05) is 11.6 Å². The second kappa shape index (κ2) is 9.67. The highest BCUT2D eigenvalue weighted by molar-refractivity contribution is 6.31. The van der Waals surface area contributed by atoms with Crippen LogP contribution >= 0.6 is 11.6 Å². The van der Waals surface area contributed by atoms with Gasteiger partial charge in [-0.05, 0) is 24.6 Å². The third kappa shape index (κ3) is 7.86. The predicted octanol–water partition coefficient (Wildman–Crippen LogP) is 2.33. The summed E-state index contributed by atoms with van der Waals surface area (Å²) in [4.78, 5) is 20.3.